The number of para-hydroxylation sites is 1. The van der Waals surface area contributed by atoms with Gasteiger partial charge in [-0.1, -0.05) is 31.4 Å². The summed E-state index contributed by atoms with van der Waals surface area (Å²) in [5.74, 6) is 0.140. The number of hydrogen-bond acceptors (Lipinski definition) is 3. The SMILES string of the molecule is O=C(N/N=C/c1ccccc1O)NC1CCCCC1. The van der Waals surface area contributed by atoms with E-state index in [9.17, 15) is 9.90 Å². The first-order valence-electron chi connectivity index (χ1n) is 6.63. The van der Waals surface area contributed by atoms with Gasteiger partial charge in [-0.25, -0.2) is 10.2 Å². The molecule has 0 atom stereocenters. The molecule has 0 aliphatic heterocycles. The Morgan fingerprint density at radius 1 is 1.26 bits per heavy atom. The van der Waals surface area contributed by atoms with Crippen molar-refractivity contribution >= 4 is 12.2 Å². The summed E-state index contributed by atoms with van der Waals surface area (Å²) in [6, 6.07) is 6.79. The Hall–Kier alpha value is -2.04. The molecule has 1 aliphatic rings. The average Bonchev–Trinajstić information content (AvgIpc) is 2.42. The standard InChI is InChI=1S/C14H19N3O2/c18-13-9-5-4-6-11(13)10-15-17-14(19)16-12-7-2-1-3-8-12/h4-6,9-10,12,18H,1-3,7-8H2,(H2,16,17,19)/b15-10+. The highest BCUT2D eigenvalue weighted by Crippen LogP contribution is 2.17. The van der Waals surface area contributed by atoms with E-state index in [1.807, 2.05) is 0 Å². The van der Waals surface area contributed by atoms with Gasteiger partial charge in [0.15, 0.2) is 0 Å². The lowest BCUT2D eigenvalue weighted by Gasteiger charge is -2.22. The number of amides is 2. The number of phenols is 1. The predicted octanol–water partition coefficient (Wildman–Crippen LogP) is 2.36. The third-order valence-electron chi connectivity index (χ3n) is 3.25. The summed E-state index contributed by atoms with van der Waals surface area (Å²) in [5.41, 5.74) is 2.98. The number of benzene rings is 1. The van der Waals surface area contributed by atoms with E-state index < -0.39 is 0 Å². The van der Waals surface area contributed by atoms with E-state index >= 15 is 0 Å². The maximum absolute atomic E-state index is 11.6. The first kappa shape index (κ1) is 13.4. The molecule has 2 rings (SSSR count). The smallest absolute Gasteiger partial charge is 0.335 e. The van der Waals surface area contributed by atoms with Gasteiger partial charge in [0.25, 0.3) is 0 Å². The minimum Gasteiger partial charge on any atom is -0.507 e. The van der Waals surface area contributed by atoms with E-state index in [0.29, 0.717) is 5.56 Å². The summed E-state index contributed by atoms with van der Waals surface area (Å²) in [6.07, 6.45) is 7.10. The molecule has 1 saturated carbocycles. The van der Waals surface area contributed by atoms with Gasteiger partial charge in [-0.15, -0.1) is 0 Å². The van der Waals surface area contributed by atoms with Crippen LogP contribution in [-0.4, -0.2) is 23.4 Å². The zero-order chi connectivity index (χ0) is 13.5. The van der Waals surface area contributed by atoms with Crippen LogP contribution in [0.3, 0.4) is 0 Å². The van der Waals surface area contributed by atoms with Crippen molar-refractivity contribution in [3.8, 4) is 5.75 Å². The fourth-order valence-electron chi connectivity index (χ4n) is 2.22. The number of nitrogens with zero attached hydrogens (tertiary/aromatic N) is 1. The lowest BCUT2D eigenvalue weighted by atomic mass is 9.96. The Labute approximate surface area is 112 Å². The third-order valence-corrected chi connectivity index (χ3v) is 3.25. The molecule has 19 heavy (non-hydrogen) atoms. The van der Waals surface area contributed by atoms with Gasteiger partial charge in [-0.2, -0.15) is 5.10 Å². The first-order valence-corrected chi connectivity index (χ1v) is 6.63. The highest BCUT2D eigenvalue weighted by Gasteiger charge is 2.14. The Balaban J connectivity index is 1.78. The molecule has 0 spiro atoms. The number of aromatic hydroxyl groups is 1. The van der Waals surface area contributed by atoms with E-state index in [1.54, 1.807) is 24.3 Å². The van der Waals surface area contributed by atoms with Crippen molar-refractivity contribution < 1.29 is 9.90 Å². The molecule has 1 aromatic carbocycles. The van der Waals surface area contributed by atoms with Crippen LogP contribution in [0.15, 0.2) is 29.4 Å². The molecule has 0 bridgehead atoms. The maximum Gasteiger partial charge on any atom is 0.335 e. The Morgan fingerprint density at radius 2 is 2.00 bits per heavy atom. The molecule has 0 saturated heterocycles. The van der Waals surface area contributed by atoms with Gasteiger partial charge in [0, 0.05) is 11.6 Å². The van der Waals surface area contributed by atoms with Crippen LogP contribution in [0.5, 0.6) is 5.75 Å². The average molecular weight is 261 g/mol. The number of rotatable bonds is 3. The second-order valence-corrected chi connectivity index (χ2v) is 4.74. The Bertz CT molecular complexity index is 454. The number of phenolic OH excluding ortho intramolecular Hbond substituents is 1. The number of hydrazone groups is 1. The van der Waals surface area contributed by atoms with Crippen molar-refractivity contribution in [2.45, 2.75) is 38.1 Å². The monoisotopic (exact) mass is 261 g/mol. The van der Waals surface area contributed by atoms with Crippen molar-refractivity contribution in [3.63, 3.8) is 0 Å². The van der Waals surface area contributed by atoms with E-state index in [1.165, 1.54) is 25.5 Å². The molecule has 0 unspecified atom stereocenters. The van der Waals surface area contributed by atoms with Gasteiger partial charge in [-0.3, -0.25) is 0 Å². The van der Waals surface area contributed by atoms with Crippen molar-refractivity contribution in [1.82, 2.24) is 10.7 Å². The molecule has 5 nitrogen and oxygen atoms in total. The summed E-state index contributed by atoms with van der Waals surface area (Å²) in [6.45, 7) is 0. The molecule has 1 aliphatic carbocycles. The van der Waals surface area contributed by atoms with Gasteiger partial charge >= 0.3 is 6.03 Å². The molecule has 0 aromatic heterocycles. The van der Waals surface area contributed by atoms with Crippen molar-refractivity contribution in [3.05, 3.63) is 29.8 Å². The lowest BCUT2D eigenvalue weighted by Crippen LogP contribution is -2.41. The van der Waals surface area contributed by atoms with Crippen LogP contribution in [0.25, 0.3) is 0 Å². The van der Waals surface area contributed by atoms with E-state index in [2.05, 4.69) is 15.8 Å². The molecule has 3 N–H and O–H groups in total. The molecule has 1 fully saturated rings. The van der Waals surface area contributed by atoms with Crippen molar-refractivity contribution in [2.75, 3.05) is 0 Å². The van der Waals surface area contributed by atoms with Gasteiger partial charge in [0.2, 0.25) is 0 Å². The number of urea groups is 1. The number of carbonyl (C=O) groups is 1. The highest BCUT2D eigenvalue weighted by molar-refractivity contribution is 5.84. The topological polar surface area (TPSA) is 73.7 Å². The largest absolute Gasteiger partial charge is 0.507 e. The van der Waals surface area contributed by atoms with Crippen LogP contribution in [0, 0.1) is 0 Å². The van der Waals surface area contributed by atoms with Crippen LogP contribution in [0.1, 0.15) is 37.7 Å². The van der Waals surface area contributed by atoms with Crippen molar-refractivity contribution in [2.24, 2.45) is 5.10 Å². The molecule has 0 radical (unpaired) electrons. The number of nitrogens with one attached hydrogen (secondary N) is 2. The molecular weight excluding hydrogens is 242 g/mol. The van der Waals surface area contributed by atoms with Gasteiger partial charge in [0.05, 0.1) is 6.21 Å². The molecule has 0 heterocycles. The second kappa shape index (κ2) is 6.78. The minimum absolute atomic E-state index is 0.140. The first-order chi connectivity index (χ1) is 9.25. The number of carbonyl (C=O) groups excluding carboxylic acids is 1. The van der Waals surface area contributed by atoms with Crippen molar-refractivity contribution in [1.29, 1.82) is 0 Å². The van der Waals surface area contributed by atoms with Crippen LogP contribution in [-0.2, 0) is 0 Å². The lowest BCUT2D eigenvalue weighted by molar-refractivity contribution is 0.233. The fourth-order valence-corrected chi connectivity index (χ4v) is 2.22. The molecule has 1 aromatic rings. The summed E-state index contributed by atoms with van der Waals surface area (Å²) in [5, 5.41) is 16.2. The normalized spacial score (nSPS) is 16.4. The zero-order valence-electron chi connectivity index (χ0n) is 10.8. The summed E-state index contributed by atoms with van der Waals surface area (Å²) in [7, 11) is 0. The minimum atomic E-state index is -0.293. The fraction of sp³-hybridized carbons (Fsp3) is 0.429. The Kier molecular flexibility index (Phi) is 4.78. The van der Waals surface area contributed by atoms with Crippen LogP contribution in [0.4, 0.5) is 4.79 Å². The van der Waals surface area contributed by atoms with E-state index in [4.69, 9.17) is 0 Å². The van der Waals surface area contributed by atoms with Gasteiger partial charge < -0.3 is 10.4 Å². The maximum atomic E-state index is 11.6. The molecule has 2 amide bonds. The predicted molar refractivity (Wildman–Crippen MR) is 74.2 cm³/mol. The highest BCUT2D eigenvalue weighted by atomic mass is 16.3. The van der Waals surface area contributed by atoms with Crippen LogP contribution in [0.2, 0.25) is 0 Å². The molecule has 102 valence electrons. The summed E-state index contributed by atoms with van der Waals surface area (Å²) in [4.78, 5) is 11.6. The van der Waals surface area contributed by atoms with E-state index in [0.717, 1.165) is 12.8 Å². The summed E-state index contributed by atoms with van der Waals surface area (Å²) < 4.78 is 0. The van der Waals surface area contributed by atoms with E-state index in [-0.39, 0.29) is 17.8 Å². The quantitative estimate of drug-likeness (QED) is 0.577. The van der Waals surface area contributed by atoms with Gasteiger partial charge in [-0.05, 0) is 25.0 Å². The van der Waals surface area contributed by atoms with Gasteiger partial charge in [0.1, 0.15) is 5.75 Å². The molecule has 5 heteroatoms. The third kappa shape index (κ3) is 4.28. The summed E-state index contributed by atoms with van der Waals surface area (Å²) >= 11 is 0. The molecular formula is C14H19N3O2. The number of hydrogen-bond donors (Lipinski definition) is 3. The van der Waals surface area contributed by atoms with Crippen LogP contribution < -0.4 is 10.7 Å². The Morgan fingerprint density at radius 3 is 2.74 bits per heavy atom. The van der Waals surface area contributed by atoms with Crippen LogP contribution >= 0.6 is 0 Å². The zero-order valence-corrected chi connectivity index (χ0v) is 10.8. The second-order valence-electron chi connectivity index (χ2n) is 4.74.